The van der Waals surface area contributed by atoms with Gasteiger partial charge in [0, 0.05) is 11.8 Å². The Morgan fingerprint density at radius 1 is 1.00 bits per heavy atom. The van der Waals surface area contributed by atoms with E-state index in [2.05, 4.69) is 4.99 Å². The average Bonchev–Trinajstić information content (AvgIpc) is 2.55. The monoisotopic (exact) mass is 281 g/mol. The molecule has 0 N–H and O–H groups in total. The van der Waals surface area contributed by atoms with Crippen molar-refractivity contribution < 1.29 is 9.47 Å². The molecule has 2 aromatic carbocycles. The van der Waals surface area contributed by atoms with E-state index in [9.17, 15) is 0 Å². The highest BCUT2D eigenvalue weighted by Gasteiger charge is 2.29. The molecule has 3 atom stereocenters. The number of ether oxygens (including phenoxy) is 2. The Labute approximate surface area is 125 Å². The predicted octanol–water partition coefficient (Wildman–Crippen LogP) is 3.61. The van der Waals surface area contributed by atoms with E-state index in [1.807, 2.05) is 73.8 Å². The van der Waals surface area contributed by atoms with Crippen molar-refractivity contribution in [1.82, 2.24) is 0 Å². The Morgan fingerprint density at radius 2 is 1.67 bits per heavy atom. The molecule has 3 rings (SSSR count). The first kappa shape index (κ1) is 14.0. The lowest BCUT2D eigenvalue weighted by Gasteiger charge is -2.32. The van der Waals surface area contributed by atoms with Crippen LogP contribution in [0.2, 0.25) is 0 Å². The first-order chi connectivity index (χ1) is 10.3. The summed E-state index contributed by atoms with van der Waals surface area (Å²) in [5, 5.41) is 0. The molecule has 21 heavy (non-hydrogen) atoms. The standard InChI is InChI=1S/C18H19NO2/c1-14-17(19-12-15-8-4-2-5-9-15)13-20-18(21-14)16-10-6-3-7-11-16/h2-12,14,17-18H,13H2,1H3/t14-,17+,18?/m1/s1. The van der Waals surface area contributed by atoms with Crippen molar-refractivity contribution in [3.63, 3.8) is 0 Å². The molecule has 0 saturated carbocycles. The molecule has 2 aromatic rings. The van der Waals surface area contributed by atoms with E-state index in [4.69, 9.17) is 9.47 Å². The zero-order chi connectivity index (χ0) is 14.5. The fourth-order valence-electron chi connectivity index (χ4n) is 2.32. The third kappa shape index (κ3) is 3.57. The van der Waals surface area contributed by atoms with E-state index in [0.29, 0.717) is 6.61 Å². The molecular weight excluding hydrogens is 262 g/mol. The van der Waals surface area contributed by atoms with Gasteiger partial charge in [-0.25, -0.2) is 0 Å². The molecule has 1 saturated heterocycles. The predicted molar refractivity (Wildman–Crippen MR) is 83.5 cm³/mol. The summed E-state index contributed by atoms with van der Waals surface area (Å²) >= 11 is 0. The van der Waals surface area contributed by atoms with E-state index in [0.717, 1.165) is 11.1 Å². The van der Waals surface area contributed by atoms with Crippen molar-refractivity contribution in [3.8, 4) is 0 Å². The van der Waals surface area contributed by atoms with E-state index < -0.39 is 0 Å². The van der Waals surface area contributed by atoms with E-state index in [1.54, 1.807) is 0 Å². The van der Waals surface area contributed by atoms with Crippen molar-refractivity contribution >= 4 is 6.21 Å². The highest BCUT2D eigenvalue weighted by molar-refractivity contribution is 5.79. The molecule has 3 nitrogen and oxygen atoms in total. The minimum absolute atomic E-state index is 0.0314. The lowest BCUT2D eigenvalue weighted by molar-refractivity contribution is -0.219. The van der Waals surface area contributed by atoms with Crippen LogP contribution < -0.4 is 0 Å². The molecule has 1 aliphatic rings. The molecular formula is C18H19NO2. The van der Waals surface area contributed by atoms with Crippen LogP contribution >= 0.6 is 0 Å². The molecule has 1 unspecified atom stereocenters. The van der Waals surface area contributed by atoms with Gasteiger partial charge >= 0.3 is 0 Å². The van der Waals surface area contributed by atoms with Gasteiger partial charge in [0.15, 0.2) is 6.29 Å². The van der Waals surface area contributed by atoms with E-state index in [-0.39, 0.29) is 18.4 Å². The Hall–Kier alpha value is -1.97. The van der Waals surface area contributed by atoms with Crippen LogP contribution in [0.5, 0.6) is 0 Å². The molecule has 0 aliphatic carbocycles. The van der Waals surface area contributed by atoms with Crippen LogP contribution in [-0.2, 0) is 9.47 Å². The summed E-state index contributed by atoms with van der Waals surface area (Å²) in [4.78, 5) is 4.59. The Bertz CT molecular complexity index is 583. The second-order valence-corrected chi connectivity index (χ2v) is 5.17. The molecule has 1 fully saturated rings. The van der Waals surface area contributed by atoms with Crippen LogP contribution in [0.1, 0.15) is 24.3 Å². The Kier molecular flexibility index (Phi) is 4.43. The average molecular weight is 281 g/mol. The smallest absolute Gasteiger partial charge is 0.184 e. The lowest BCUT2D eigenvalue weighted by atomic mass is 10.1. The van der Waals surface area contributed by atoms with Gasteiger partial charge < -0.3 is 9.47 Å². The molecule has 108 valence electrons. The summed E-state index contributed by atoms with van der Waals surface area (Å²) in [6.07, 6.45) is 1.63. The number of hydrogen-bond donors (Lipinski definition) is 0. The van der Waals surface area contributed by atoms with Crippen LogP contribution in [-0.4, -0.2) is 25.0 Å². The van der Waals surface area contributed by atoms with E-state index in [1.165, 1.54) is 0 Å². The Balaban J connectivity index is 1.63. The second kappa shape index (κ2) is 6.66. The molecule has 0 aromatic heterocycles. The first-order valence-corrected chi connectivity index (χ1v) is 7.23. The maximum Gasteiger partial charge on any atom is 0.184 e. The molecule has 0 spiro atoms. The molecule has 0 radical (unpaired) electrons. The number of rotatable bonds is 3. The van der Waals surface area contributed by atoms with Gasteiger partial charge in [-0.3, -0.25) is 4.99 Å². The Morgan fingerprint density at radius 3 is 2.33 bits per heavy atom. The van der Waals surface area contributed by atoms with Crippen LogP contribution in [0, 0.1) is 0 Å². The number of nitrogens with zero attached hydrogens (tertiary/aromatic N) is 1. The molecule has 1 heterocycles. The fraction of sp³-hybridized carbons (Fsp3) is 0.278. The number of benzene rings is 2. The van der Waals surface area contributed by atoms with Gasteiger partial charge in [0.1, 0.15) is 0 Å². The normalized spacial score (nSPS) is 26.0. The summed E-state index contributed by atoms with van der Waals surface area (Å²) in [5.74, 6) is 0. The third-order valence-corrected chi connectivity index (χ3v) is 3.58. The molecule has 0 bridgehead atoms. The van der Waals surface area contributed by atoms with Gasteiger partial charge in [-0.1, -0.05) is 60.7 Å². The minimum Gasteiger partial charge on any atom is -0.346 e. The summed E-state index contributed by atoms with van der Waals surface area (Å²) < 4.78 is 11.7. The summed E-state index contributed by atoms with van der Waals surface area (Å²) in [6.45, 7) is 2.62. The second-order valence-electron chi connectivity index (χ2n) is 5.17. The number of hydrogen-bond acceptors (Lipinski definition) is 3. The molecule has 0 amide bonds. The first-order valence-electron chi connectivity index (χ1n) is 7.23. The van der Waals surface area contributed by atoms with Gasteiger partial charge in [-0.15, -0.1) is 0 Å². The minimum atomic E-state index is -0.288. The van der Waals surface area contributed by atoms with Crippen LogP contribution in [0.15, 0.2) is 65.7 Å². The highest BCUT2D eigenvalue weighted by Crippen LogP contribution is 2.27. The van der Waals surface area contributed by atoms with Gasteiger partial charge in [-0.2, -0.15) is 0 Å². The zero-order valence-corrected chi connectivity index (χ0v) is 12.1. The van der Waals surface area contributed by atoms with Crippen molar-refractivity contribution in [2.75, 3.05) is 6.61 Å². The van der Waals surface area contributed by atoms with Crippen molar-refractivity contribution in [3.05, 3.63) is 71.8 Å². The largest absolute Gasteiger partial charge is 0.346 e. The van der Waals surface area contributed by atoms with Gasteiger partial charge in [0.05, 0.1) is 18.8 Å². The number of aliphatic imine (C=N–C) groups is 1. The van der Waals surface area contributed by atoms with Gasteiger partial charge in [0.25, 0.3) is 0 Å². The quantitative estimate of drug-likeness (QED) is 0.805. The molecule has 3 heteroatoms. The lowest BCUT2D eigenvalue weighted by Crippen LogP contribution is -2.37. The summed E-state index contributed by atoms with van der Waals surface area (Å²) in [7, 11) is 0. The van der Waals surface area contributed by atoms with Crippen LogP contribution in [0.25, 0.3) is 0 Å². The maximum atomic E-state index is 5.94. The van der Waals surface area contributed by atoms with Crippen LogP contribution in [0.3, 0.4) is 0 Å². The fourth-order valence-corrected chi connectivity index (χ4v) is 2.32. The van der Waals surface area contributed by atoms with E-state index >= 15 is 0 Å². The third-order valence-electron chi connectivity index (χ3n) is 3.58. The topological polar surface area (TPSA) is 30.8 Å². The van der Waals surface area contributed by atoms with Crippen molar-refractivity contribution in [2.24, 2.45) is 4.99 Å². The van der Waals surface area contributed by atoms with Gasteiger partial charge in [-0.05, 0) is 12.5 Å². The van der Waals surface area contributed by atoms with Gasteiger partial charge in [0.2, 0.25) is 0 Å². The van der Waals surface area contributed by atoms with Crippen molar-refractivity contribution in [2.45, 2.75) is 25.4 Å². The summed E-state index contributed by atoms with van der Waals surface area (Å²) in [6, 6.07) is 20.1. The summed E-state index contributed by atoms with van der Waals surface area (Å²) in [5.41, 5.74) is 2.14. The van der Waals surface area contributed by atoms with Crippen molar-refractivity contribution in [1.29, 1.82) is 0 Å². The molecule has 1 aliphatic heterocycles. The highest BCUT2D eigenvalue weighted by atomic mass is 16.7. The zero-order valence-electron chi connectivity index (χ0n) is 12.1. The maximum absolute atomic E-state index is 5.94. The SMILES string of the molecule is C[C@H]1OC(c2ccccc2)OC[C@@H]1N=Cc1ccccc1. The van der Waals surface area contributed by atoms with Crippen LogP contribution in [0.4, 0.5) is 0 Å².